The molecule has 0 saturated carbocycles. The van der Waals surface area contributed by atoms with Gasteiger partial charge < -0.3 is 9.84 Å². The second-order valence-corrected chi connectivity index (χ2v) is 6.67. The van der Waals surface area contributed by atoms with Crippen molar-refractivity contribution < 1.29 is 9.32 Å². The summed E-state index contributed by atoms with van der Waals surface area (Å²) in [5.41, 5.74) is 2.86. The summed E-state index contributed by atoms with van der Waals surface area (Å²) >= 11 is 0. The Morgan fingerprint density at radius 1 is 1.24 bits per heavy atom. The van der Waals surface area contributed by atoms with E-state index in [0.29, 0.717) is 12.2 Å². The molecule has 0 aliphatic rings. The number of hydrogen-bond donors (Lipinski definition) is 1. The van der Waals surface area contributed by atoms with Crippen LogP contribution in [0.15, 0.2) is 47.2 Å². The SMILES string of the molecule is Cc1noc(C)c1Cn1cc(NC(=O)C(C)(C)c2ccccc2)cn1. The Balaban J connectivity index is 1.72. The number of aromatic nitrogens is 3. The van der Waals surface area contributed by atoms with E-state index in [4.69, 9.17) is 4.52 Å². The van der Waals surface area contributed by atoms with Gasteiger partial charge in [-0.25, -0.2) is 0 Å². The van der Waals surface area contributed by atoms with E-state index in [1.807, 2.05) is 64.2 Å². The highest BCUT2D eigenvalue weighted by Crippen LogP contribution is 2.25. The Hall–Kier alpha value is -2.89. The Morgan fingerprint density at radius 3 is 2.60 bits per heavy atom. The van der Waals surface area contributed by atoms with Gasteiger partial charge in [0.15, 0.2) is 0 Å². The van der Waals surface area contributed by atoms with E-state index in [-0.39, 0.29) is 5.91 Å². The van der Waals surface area contributed by atoms with E-state index < -0.39 is 5.41 Å². The maximum atomic E-state index is 12.7. The highest BCUT2D eigenvalue weighted by atomic mass is 16.5. The van der Waals surface area contributed by atoms with Gasteiger partial charge in [-0.1, -0.05) is 35.5 Å². The van der Waals surface area contributed by atoms with Crippen LogP contribution in [0.4, 0.5) is 5.69 Å². The third-order valence-electron chi connectivity index (χ3n) is 4.46. The maximum absolute atomic E-state index is 12.7. The summed E-state index contributed by atoms with van der Waals surface area (Å²) in [5, 5.41) is 11.2. The zero-order chi connectivity index (χ0) is 18.0. The largest absolute Gasteiger partial charge is 0.361 e. The first-order chi connectivity index (χ1) is 11.9. The van der Waals surface area contributed by atoms with Gasteiger partial charge in [0.05, 0.1) is 29.5 Å². The van der Waals surface area contributed by atoms with Crippen molar-refractivity contribution in [3.63, 3.8) is 0 Å². The van der Waals surface area contributed by atoms with E-state index >= 15 is 0 Å². The standard InChI is InChI=1S/C19H22N4O2/c1-13-17(14(2)25-22-13)12-23-11-16(10-20-23)21-18(24)19(3,4)15-8-6-5-7-9-15/h5-11H,12H2,1-4H3,(H,21,24). The number of carbonyl (C=O) groups excluding carboxylic acids is 1. The minimum absolute atomic E-state index is 0.0735. The fraction of sp³-hybridized carbons (Fsp3) is 0.316. The molecule has 0 aliphatic heterocycles. The predicted octanol–water partition coefficient (Wildman–Crippen LogP) is 3.45. The average Bonchev–Trinajstić information content (AvgIpc) is 3.17. The quantitative estimate of drug-likeness (QED) is 0.773. The number of nitrogens with one attached hydrogen (secondary N) is 1. The van der Waals surface area contributed by atoms with E-state index in [0.717, 1.165) is 22.6 Å². The molecular formula is C19H22N4O2. The number of amides is 1. The van der Waals surface area contributed by atoms with Crippen molar-refractivity contribution >= 4 is 11.6 Å². The summed E-state index contributed by atoms with van der Waals surface area (Å²) in [6.07, 6.45) is 3.46. The summed E-state index contributed by atoms with van der Waals surface area (Å²) in [6, 6.07) is 9.73. The van der Waals surface area contributed by atoms with Crippen molar-refractivity contribution in [3.05, 3.63) is 65.3 Å². The molecule has 0 aliphatic carbocycles. The van der Waals surface area contributed by atoms with Gasteiger partial charge in [0.25, 0.3) is 0 Å². The molecule has 0 atom stereocenters. The fourth-order valence-corrected chi connectivity index (χ4v) is 2.68. The first-order valence-electron chi connectivity index (χ1n) is 8.19. The molecule has 2 heterocycles. The minimum Gasteiger partial charge on any atom is -0.361 e. The maximum Gasteiger partial charge on any atom is 0.234 e. The van der Waals surface area contributed by atoms with Gasteiger partial charge in [0.1, 0.15) is 5.76 Å². The molecule has 6 heteroatoms. The Bertz CT molecular complexity index is 858. The van der Waals surface area contributed by atoms with Crippen LogP contribution in [-0.4, -0.2) is 20.8 Å². The number of hydrogen-bond acceptors (Lipinski definition) is 4. The van der Waals surface area contributed by atoms with E-state index in [1.165, 1.54) is 0 Å². The topological polar surface area (TPSA) is 73.0 Å². The molecule has 2 aromatic heterocycles. The molecule has 6 nitrogen and oxygen atoms in total. The normalized spacial score (nSPS) is 11.5. The van der Waals surface area contributed by atoms with Gasteiger partial charge in [-0.15, -0.1) is 0 Å². The molecule has 0 spiro atoms. The third kappa shape index (κ3) is 3.47. The number of benzene rings is 1. The zero-order valence-corrected chi connectivity index (χ0v) is 14.9. The van der Waals surface area contributed by atoms with Crippen LogP contribution in [0.5, 0.6) is 0 Å². The minimum atomic E-state index is -0.634. The lowest BCUT2D eigenvalue weighted by molar-refractivity contribution is -0.120. The Morgan fingerprint density at radius 2 is 1.96 bits per heavy atom. The molecule has 0 radical (unpaired) electrons. The summed E-state index contributed by atoms with van der Waals surface area (Å²) in [7, 11) is 0. The number of nitrogens with zero attached hydrogens (tertiary/aromatic N) is 3. The highest BCUT2D eigenvalue weighted by molar-refractivity contribution is 5.98. The fourth-order valence-electron chi connectivity index (χ4n) is 2.68. The van der Waals surface area contributed by atoms with Crippen molar-refractivity contribution in [1.29, 1.82) is 0 Å². The van der Waals surface area contributed by atoms with E-state index in [1.54, 1.807) is 10.9 Å². The van der Waals surface area contributed by atoms with Gasteiger partial charge in [0, 0.05) is 11.8 Å². The molecule has 0 fully saturated rings. The first-order valence-corrected chi connectivity index (χ1v) is 8.19. The predicted molar refractivity (Wildman–Crippen MR) is 95.4 cm³/mol. The summed E-state index contributed by atoms with van der Waals surface area (Å²) in [4.78, 5) is 12.7. The molecule has 1 amide bonds. The molecule has 1 N–H and O–H groups in total. The molecule has 0 unspecified atom stereocenters. The van der Waals surface area contributed by atoms with E-state index in [9.17, 15) is 4.79 Å². The van der Waals surface area contributed by atoms with Gasteiger partial charge in [0.2, 0.25) is 5.91 Å². The van der Waals surface area contributed by atoms with Crippen molar-refractivity contribution in [1.82, 2.24) is 14.9 Å². The monoisotopic (exact) mass is 338 g/mol. The van der Waals surface area contributed by atoms with Crippen molar-refractivity contribution in [2.45, 2.75) is 39.7 Å². The molecule has 25 heavy (non-hydrogen) atoms. The molecule has 0 bridgehead atoms. The molecule has 3 aromatic rings. The Kier molecular flexibility index (Phi) is 4.44. The van der Waals surface area contributed by atoms with Crippen molar-refractivity contribution in [3.8, 4) is 0 Å². The van der Waals surface area contributed by atoms with Crippen LogP contribution >= 0.6 is 0 Å². The van der Waals surface area contributed by atoms with Gasteiger partial charge >= 0.3 is 0 Å². The number of anilines is 1. The number of rotatable bonds is 5. The lowest BCUT2D eigenvalue weighted by Gasteiger charge is -2.23. The van der Waals surface area contributed by atoms with Crippen LogP contribution in [0.1, 0.15) is 36.4 Å². The average molecular weight is 338 g/mol. The van der Waals surface area contributed by atoms with Gasteiger partial charge in [-0.05, 0) is 33.3 Å². The van der Waals surface area contributed by atoms with Crippen LogP contribution < -0.4 is 5.32 Å². The van der Waals surface area contributed by atoms with Crippen molar-refractivity contribution in [2.75, 3.05) is 5.32 Å². The molecular weight excluding hydrogens is 316 g/mol. The lowest BCUT2D eigenvalue weighted by atomic mass is 9.84. The summed E-state index contributed by atoms with van der Waals surface area (Å²) < 4.78 is 6.93. The molecule has 130 valence electrons. The van der Waals surface area contributed by atoms with Crippen LogP contribution in [0, 0.1) is 13.8 Å². The number of aryl methyl sites for hydroxylation is 2. The Labute approximate surface area is 146 Å². The number of carbonyl (C=O) groups is 1. The molecule has 0 saturated heterocycles. The van der Waals surface area contributed by atoms with Gasteiger partial charge in [-0.3, -0.25) is 9.48 Å². The van der Waals surface area contributed by atoms with Crippen LogP contribution in [0.2, 0.25) is 0 Å². The summed E-state index contributed by atoms with van der Waals surface area (Å²) in [6.45, 7) is 8.15. The van der Waals surface area contributed by atoms with Crippen LogP contribution in [0.3, 0.4) is 0 Å². The van der Waals surface area contributed by atoms with Crippen molar-refractivity contribution in [2.24, 2.45) is 0 Å². The highest BCUT2D eigenvalue weighted by Gasteiger charge is 2.29. The zero-order valence-electron chi connectivity index (χ0n) is 14.9. The second-order valence-electron chi connectivity index (χ2n) is 6.67. The lowest BCUT2D eigenvalue weighted by Crippen LogP contribution is -2.34. The first kappa shape index (κ1) is 17.0. The molecule has 3 rings (SSSR count). The van der Waals surface area contributed by atoms with Crippen LogP contribution in [0.25, 0.3) is 0 Å². The van der Waals surface area contributed by atoms with Gasteiger partial charge in [-0.2, -0.15) is 5.10 Å². The summed E-state index contributed by atoms with van der Waals surface area (Å²) in [5.74, 6) is 0.708. The van der Waals surface area contributed by atoms with E-state index in [2.05, 4.69) is 15.6 Å². The smallest absolute Gasteiger partial charge is 0.234 e. The second kappa shape index (κ2) is 6.55. The molecule has 1 aromatic carbocycles. The third-order valence-corrected chi connectivity index (χ3v) is 4.46. The van der Waals surface area contributed by atoms with Crippen LogP contribution in [-0.2, 0) is 16.8 Å².